The molecular formula is C43H26N5OPt-3. The van der Waals surface area contributed by atoms with Crippen molar-refractivity contribution in [2.45, 2.75) is 0 Å². The minimum atomic E-state index is -2.34. The number of para-hydroxylation sites is 5. The van der Waals surface area contributed by atoms with E-state index in [1.54, 1.807) is 12.7 Å². The standard InChI is InChI=1S/C43H26N5O.Pt/c1-45-26-46(38-19-5-4-18-37(38)45)27-10-6-11-28(24-27)49-29-21-22-31-33-14-8-16-35-34-15-7-13-32-30-12-2-3-17-36(30)47(41(32)34)39-20-9-23-44-43(39)48(42(33)35)40(31)25-29;/h2-23,26H,1H3;/q-3;/i1D3;. The number of ether oxygens (including phenoxy) is 1. The number of fused-ring (bicyclic) bond motifs is 11. The Balaban J connectivity index is 0.00000349. The largest absolute Gasteiger partial charge is 0.509 e. The summed E-state index contributed by atoms with van der Waals surface area (Å²) in [6.45, 7) is -0.742. The molecule has 0 aliphatic carbocycles. The average molecular weight is 827 g/mol. The van der Waals surface area contributed by atoms with Gasteiger partial charge in [-0.15, -0.1) is 41.4 Å². The first-order valence-electron chi connectivity index (χ1n) is 17.6. The molecule has 0 bridgehead atoms. The van der Waals surface area contributed by atoms with Crippen LogP contribution in [0.1, 0.15) is 4.11 Å². The molecule has 6 nitrogen and oxygen atoms in total. The van der Waals surface area contributed by atoms with Gasteiger partial charge in [0.05, 0.1) is 16.6 Å². The summed E-state index contributed by atoms with van der Waals surface area (Å²) in [5, 5.41) is 6.80. The molecule has 1 aliphatic rings. The molecule has 50 heavy (non-hydrogen) atoms. The normalized spacial score (nSPS) is 14.1. The molecule has 6 aromatic carbocycles. The van der Waals surface area contributed by atoms with Gasteiger partial charge in [0.15, 0.2) is 5.65 Å². The van der Waals surface area contributed by atoms with Crippen LogP contribution in [0.15, 0.2) is 134 Å². The van der Waals surface area contributed by atoms with Gasteiger partial charge >= 0.3 is 0 Å². The van der Waals surface area contributed by atoms with Gasteiger partial charge in [0, 0.05) is 81.3 Å². The number of aromatic nitrogens is 3. The van der Waals surface area contributed by atoms with Crippen molar-refractivity contribution in [3.05, 3.63) is 152 Å². The van der Waals surface area contributed by atoms with E-state index in [9.17, 15) is 0 Å². The molecule has 0 saturated heterocycles. The molecule has 0 unspecified atom stereocenters. The van der Waals surface area contributed by atoms with Crippen LogP contribution < -0.4 is 14.5 Å². The molecule has 0 radical (unpaired) electrons. The van der Waals surface area contributed by atoms with Gasteiger partial charge in [-0.3, -0.25) is 0 Å². The van der Waals surface area contributed by atoms with Gasteiger partial charge in [0.2, 0.25) is 0 Å². The predicted octanol–water partition coefficient (Wildman–Crippen LogP) is 10.5. The zero-order valence-electron chi connectivity index (χ0n) is 29.2. The van der Waals surface area contributed by atoms with Crippen molar-refractivity contribution in [2.75, 3.05) is 16.8 Å². The summed E-state index contributed by atoms with van der Waals surface area (Å²) in [5.74, 6) is 0.995. The Labute approximate surface area is 305 Å². The van der Waals surface area contributed by atoms with Crippen LogP contribution in [0.5, 0.6) is 11.5 Å². The number of rotatable bonds is 3. The van der Waals surface area contributed by atoms with Crippen LogP contribution >= 0.6 is 0 Å². The Kier molecular flexibility index (Phi) is 5.65. The van der Waals surface area contributed by atoms with E-state index in [2.05, 4.69) is 93.7 Å². The van der Waals surface area contributed by atoms with E-state index in [1.807, 2.05) is 59.6 Å². The van der Waals surface area contributed by atoms with Gasteiger partial charge in [-0.1, -0.05) is 72.2 Å². The van der Waals surface area contributed by atoms with Gasteiger partial charge in [-0.25, -0.2) is 4.98 Å². The summed E-state index contributed by atoms with van der Waals surface area (Å²) in [5.41, 5.74) is 7.97. The minimum Gasteiger partial charge on any atom is -0.509 e. The fraction of sp³-hybridized carbons (Fsp3) is 0.0233. The van der Waals surface area contributed by atoms with E-state index in [4.69, 9.17) is 13.8 Å². The first kappa shape index (κ1) is 26.1. The molecule has 242 valence electrons. The molecule has 7 heteroatoms. The van der Waals surface area contributed by atoms with Crippen molar-refractivity contribution in [3.8, 4) is 11.5 Å². The Morgan fingerprint density at radius 3 is 2.10 bits per heavy atom. The molecule has 0 N–H and O–H groups in total. The molecule has 10 aromatic rings. The van der Waals surface area contributed by atoms with E-state index < -0.39 is 6.98 Å². The third-order valence-corrected chi connectivity index (χ3v) is 9.74. The summed E-state index contributed by atoms with van der Waals surface area (Å²) in [6.07, 6.45) is 1.84. The van der Waals surface area contributed by atoms with E-state index in [0.717, 1.165) is 60.5 Å². The molecule has 0 spiro atoms. The molecule has 11 rings (SSSR count). The number of nitrogens with zero attached hydrogens (tertiary/aromatic N) is 5. The third kappa shape index (κ3) is 3.97. The molecule has 5 heterocycles. The molecular weight excluding hydrogens is 798 g/mol. The molecule has 0 saturated carbocycles. The van der Waals surface area contributed by atoms with Crippen molar-refractivity contribution >= 4 is 82.6 Å². The van der Waals surface area contributed by atoms with E-state index in [-0.39, 0.29) is 21.1 Å². The molecule has 1 aliphatic heterocycles. The van der Waals surface area contributed by atoms with Crippen LogP contribution in [-0.2, 0) is 21.1 Å². The summed E-state index contributed by atoms with van der Waals surface area (Å²) in [4.78, 5) is 8.17. The first-order chi connectivity index (χ1) is 25.4. The summed E-state index contributed by atoms with van der Waals surface area (Å²) < 4.78 is 35.3. The topological polar surface area (TPSA) is 37.4 Å². The quantitative estimate of drug-likeness (QED) is 0.166. The van der Waals surface area contributed by atoms with Crippen LogP contribution in [-0.4, -0.2) is 20.8 Å². The van der Waals surface area contributed by atoms with Gasteiger partial charge < -0.3 is 23.3 Å². The number of pyridine rings is 1. The van der Waals surface area contributed by atoms with Crippen LogP contribution in [0.25, 0.3) is 65.5 Å². The van der Waals surface area contributed by atoms with Crippen molar-refractivity contribution in [2.24, 2.45) is 0 Å². The Bertz CT molecular complexity index is 3120. The maximum absolute atomic E-state index is 8.08. The number of hydrogen-bond donors (Lipinski definition) is 0. The zero-order chi connectivity index (χ0) is 34.7. The van der Waals surface area contributed by atoms with Crippen molar-refractivity contribution < 1.29 is 29.9 Å². The number of anilines is 3. The minimum absolute atomic E-state index is 0. The second kappa shape index (κ2) is 10.8. The van der Waals surface area contributed by atoms with Gasteiger partial charge in [0.25, 0.3) is 0 Å². The summed E-state index contributed by atoms with van der Waals surface area (Å²) in [6, 6.07) is 49.8. The Hall–Kier alpha value is -5.84. The molecule has 0 amide bonds. The maximum atomic E-state index is 8.08. The average Bonchev–Trinajstić information content (AvgIpc) is 3.83. The third-order valence-electron chi connectivity index (χ3n) is 9.74. The number of benzene rings is 6. The first-order valence-corrected chi connectivity index (χ1v) is 16.1. The van der Waals surface area contributed by atoms with Gasteiger partial charge in [-0.05, 0) is 42.7 Å². The fourth-order valence-electron chi connectivity index (χ4n) is 7.74. The Morgan fingerprint density at radius 1 is 0.600 bits per heavy atom. The second-order valence-electron chi connectivity index (χ2n) is 12.4. The van der Waals surface area contributed by atoms with Gasteiger partial charge in [0.1, 0.15) is 0 Å². The summed E-state index contributed by atoms with van der Waals surface area (Å²) in [7, 11) is 0. The van der Waals surface area contributed by atoms with Crippen molar-refractivity contribution in [1.82, 2.24) is 13.8 Å². The van der Waals surface area contributed by atoms with Crippen LogP contribution in [0.3, 0.4) is 0 Å². The smallest absolute Gasteiger partial charge is 0.160 e. The van der Waals surface area contributed by atoms with E-state index in [0.29, 0.717) is 22.9 Å². The monoisotopic (exact) mass is 826 g/mol. The summed E-state index contributed by atoms with van der Waals surface area (Å²) >= 11 is 0. The Morgan fingerprint density at radius 2 is 1.26 bits per heavy atom. The van der Waals surface area contributed by atoms with Crippen LogP contribution in [0.4, 0.5) is 17.1 Å². The molecule has 4 aromatic heterocycles. The van der Waals surface area contributed by atoms with Crippen LogP contribution in [0, 0.1) is 18.8 Å². The van der Waals surface area contributed by atoms with Crippen molar-refractivity contribution in [3.63, 3.8) is 0 Å². The SMILES string of the molecule is [2H]C([2H])([2H])N1[CH-]N(c2[c-]c(Oc3[c-]c4c(cc3)c3cccc5c6cccc7c8ccccc8n(c8cccnc8n4c35)c76)ccc2)c2ccccc21.[Pt]. The second-order valence-corrected chi connectivity index (χ2v) is 12.4. The predicted molar refractivity (Wildman–Crippen MR) is 199 cm³/mol. The molecule has 0 fully saturated rings. The maximum Gasteiger partial charge on any atom is 0.160 e. The molecule has 0 atom stereocenters. The van der Waals surface area contributed by atoms with E-state index >= 15 is 0 Å². The number of hydrogen-bond acceptors (Lipinski definition) is 4. The van der Waals surface area contributed by atoms with Crippen molar-refractivity contribution in [1.29, 1.82) is 0 Å². The van der Waals surface area contributed by atoms with Crippen LogP contribution in [0.2, 0.25) is 0 Å². The van der Waals surface area contributed by atoms with Gasteiger partial charge in [-0.2, -0.15) is 18.8 Å². The fourth-order valence-corrected chi connectivity index (χ4v) is 7.74. The zero-order valence-corrected chi connectivity index (χ0v) is 28.5. The van der Waals surface area contributed by atoms with E-state index in [1.165, 1.54) is 15.7 Å².